The minimum absolute atomic E-state index is 0.253. The minimum atomic E-state index is -1.24. The van der Waals surface area contributed by atoms with Crippen molar-refractivity contribution < 1.29 is 28.9 Å². The summed E-state index contributed by atoms with van der Waals surface area (Å²) in [6.07, 6.45) is 4.40. The number of carboxylic acids is 1. The maximum atomic E-state index is 11.5. The quantitative estimate of drug-likeness (QED) is 0.350. The molecule has 0 spiro atoms. The molecular formula is C21H20O6. The molecule has 0 heterocycles. The molecule has 6 nitrogen and oxygen atoms in total. The zero-order chi connectivity index (χ0) is 19.4. The van der Waals surface area contributed by atoms with Gasteiger partial charge in [0.15, 0.2) is 0 Å². The van der Waals surface area contributed by atoms with Gasteiger partial charge >= 0.3 is 11.9 Å². The van der Waals surface area contributed by atoms with E-state index in [-0.39, 0.29) is 5.75 Å². The van der Waals surface area contributed by atoms with Gasteiger partial charge in [-0.3, -0.25) is 9.59 Å². The molecule has 2 aromatic carbocycles. The van der Waals surface area contributed by atoms with E-state index in [0.29, 0.717) is 5.56 Å². The third kappa shape index (κ3) is 3.77. The Morgan fingerprint density at radius 1 is 1.04 bits per heavy atom. The summed E-state index contributed by atoms with van der Waals surface area (Å²) in [6, 6.07) is 12.7. The SMILES string of the molecule is COC(OC)(c1ccc(OC(=O)CC(=O)O)cc1)c1ccc2c(c1)C=CC2. The third-order valence-electron chi connectivity index (χ3n) is 4.50. The predicted octanol–water partition coefficient (Wildman–Crippen LogP) is 3.13. The lowest BCUT2D eigenvalue weighted by molar-refractivity contribution is -0.183. The van der Waals surface area contributed by atoms with Crippen LogP contribution in [0.15, 0.2) is 48.5 Å². The number of ether oxygens (including phenoxy) is 3. The number of hydrogen-bond acceptors (Lipinski definition) is 5. The van der Waals surface area contributed by atoms with Crippen LogP contribution in [-0.2, 0) is 31.3 Å². The number of carbonyl (C=O) groups excluding carboxylic acids is 1. The van der Waals surface area contributed by atoms with Gasteiger partial charge in [-0.05, 0) is 47.9 Å². The number of esters is 1. The van der Waals surface area contributed by atoms with E-state index in [1.165, 1.54) is 5.56 Å². The number of aliphatic carboxylic acids is 1. The zero-order valence-corrected chi connectivity index (χ0v) is 15.1. The van der Waals surface area contributed by atoms with Crippen molar-refractivity contribution in [3.05, 3.63) is 70.8 Å². The number of hydrogen-bond donors (Lipinski definition) is 1. The van der Waals surface area contributed by atoms with E-state index in [1.54, 1.807) is 38.5 Å². The number of methoxy groups -OCH3 is 2. The Morgan fingerprint density at radius 3 is 2.33 bits per heavy atom. The molecule has 0 unspecified atom stereocenters. The largest absolute Gasteiger partial charge is 0.481 e. The summed E-state index contributed by atoms with van der Waals surface area (Å²) in [6.45, 7) is 0. The Morgan fingerprint density at radius 2 is 1.70 bits per heavy atom. The summed E-state index contributed by atoms with van der Waals surface area (Å²) in [5.74, 6) is -2.93. The summed E-state index contributed by atoms with van der Waals surface area (Å²) in [5, 5.41) is 8.63. The Kier molecular flexibility index (Phi) is 5.39. The molecular weight excluding hydrogens is 348 g/mol. The van der Waals surface area contributed by atoms with Crippen molar-refractivity contribution in [3.8, 4) is 5.75 Å². The molecule has 3 rings (SSSR count). The lowest BCUT2D eigenvalue weighted by Gasteiger charge is -2.32. The average molecular weight is 368 g/mol. The smallest absolute Gasteiger partial charge is 0.322 e. The number of fused-ring (bicyclic) bond motifs is 1. The first-order chi connectivity index (χ1) is 13.0. The van der Waals surface area contributed by atoms with E-state index in [0.717, 1.165) is 17.5 Å². The summed E-state index contributed by atoms with van der Waals surface area (Å²) in [5.41, 5.74) is 3.94. The van der Waals surface area contributed by atoms with Gasteiger partial charge in [0.05, 0.1) is 0 Å². The number of carbonyl (C=O) groups is 2. The van der Waals surface area contributed by atoms with E-state index in [4.69, 9.17) is 19.3 Å². The fourth-order valence-electron chi connectivity index (χ4n) is 3.21. The normalized spacial score (nSPS) is 12.7. The van der Waals surface area contributed by atoms with Crippen LogP contribution in [0.4, 0.5) is 0 Å². The van der Waals surface area contributed by atoms with Crippen molar-refractivity contribution >= 4 is 18.0 Å². The van der Waals surface area contributed by atoms with Gasteiger partial charge < -0.3 is 19.3 Å². The molecule has 0 radical (unpaired) electrons. The summed E-state index contributed by atoms with van der Waals surface area (Å²) in [4.78, 5) is 22.1. The highest BCUT2D eigenvalue weighted by Gasteiger charge is 2.35. The van der Waals surface area contributed by atoms with Crippen LogP contribution < -0.4 is 4.74 Å². The molecule has 0 amide bonds. The Balaban J connectivity index is 1.89. The molecule has 2 aromatic rings. The topological polar surface area (TPSA) is 82.1 Å². The second kappa shape index (κ2) is 7.73. The molecule has 0 saturated heterocycles. The molecule has 1 aliphatic rings. The highest BCUT2D eigenvalue weighted by Crippen LogP contribution is 2.36. The Labute approximate surface area is 157 Å². The summed E-state index contributed by atoms with van der Waals surface area (Å²) < 4.78 is 16.5. The molecule has 0 aromatic heterocycles. The average Bonchev–Trinajstić information content (AvgIpc) is 3.12. The van der Waals surface area contributed by atoms with E-state index in [1.807, 2.05) is 12.1 Å². The van der Waals surface area contributed by atoms with Crippen LogP contribution in [0.5, 0.6) is 5.75 Å². The fourth-order valence-corrected chi connectivity index (χ4v) is 3.21. The first-order valence-corrected chi connectivity index (χ1v) is 8.42. The molecule has 0 aliphatic heterocycles. The number of rotatable bonds is 7. The second-order valence-electron chi connectivity index (χ2n) is 6.11. The van der Waals surface area contributed by atoms with E-state index < -0.39 is 24.1 Å². The van der Waals surface area contributed by atoms with Crippen molar-refractivity contribution in [3.63, 3.8) is 0 Å². The number of carboxylic acid groups (broad SMARTS) is 1. The number of allylic oxidation sites excluding steroid dienone is 1. The molecule has 6 heteroatoms. The molecule has 0 saturated carbocycles. The van der Waals surface area contributed by atoms with Crippen molar-refractivity contribution in [2.45, 2.75) is 18.6 Å². The van der Waals surface area contributed by atoms with Crippen LogP contribution in [0.25, 0.3) is 6.08 Å². The molecule has 1 N–H and O–H groups in total. The van der Waals surface area contributed by atoms with Crippen LogP contribution in [0.1, 0.15) is 28.7 Å². The Bertz CT molecular complexity index is 878. The van der Waals surface area contributed by atoms with Crippen LogP contribution >= 0.6 is 0 Å². The molecule has 27 heavy (non-hydrogen) atoms. The predicted molar refractivity (Wildman–Crippen MR) is 98.3 cm³/mol. The van der Waals surface area contributed by atoms with Gasteiger partial charge in [-0.25, -0.2) is 0 Å². The van der Waals surface area contributed by atoms with Gasteiger partial charge in [0.25, 0.3) is 0 Å². The van der Waals surface area contributed by atoms with Crippen molar-refractivity contribution in [2.24, 2.45) is 0 Å². The minimum Gasteiger partial charge on any atom is -0.481 e. The summed E-state index contributed by atoms with van der Waals surface area (Å²) in [7, 11) is 3.13. The van der Waals surface area contributed by atoms with Crippen molar-refractivity contribution in [2.75, 3.05) is 14.2 Å². The van der Waals surface area contributed by atoms with Gasteiger partial charge in [0.1, 0.15) is 12.2 Å². The first-order valence-electron chi connectivity index (χ1n) is 8.42. The zero-order valence-electron chi connectivity index (χ0n) is 15.1. The van der Waals surface area contributed by atoms with Crippen molar-refractivity contribution in [1.29, 1.82) is 0 Å². The maximum absolute atomic E-state index is 11.5. The maximum Gasteiger partial charge on any atom is 0.322 e. The van der Waals surface area contributed by atoms with Crippen LogP contribution in [0, 0.1) is 0 Å². The fraction of sp³-hybridized carbons (Fsp3) is 0.238. The standard InChI is InChI=1S/C21H20O6/c1-25-21(26-2,17-7-6-14-4-3-5-15(14)12-17)16-8-10-18(11-9-16)27-20(24)13-19(22)23/h3,5-12H,4,13H2,1-2H3,(H,22,23). The summed E-state index contributed by atoms with van der Waals surface area (Å²) >= 11 is 0. The van der Waals surface area contributed by atoms with Gasteiger partial charge in [-0.1, -0.05) is 24.3 Å². The molecule has 0 fully saturated rings. The lowest BCUT2D eigenvalue weighted by atomic mass is 9.94. The van der Waals surface area contributed by atoms with Crippen LogP contribution in [-0.4, -0.2) is 31.3 Å². The van der Waals surface area contributed by atoms with Gasteiger partial charge in [0, 0.05) is 25.3 Å². The number of benzene rings is 2. The molecule has 0 bridgehead atoms. The van der Waals surface area contributed by atoms with Crippen LogP contribution in [0.2, 0.25) is 0 Å². The molecule has 1 aliphatic carbocycles. The Hall–Kier alpha value is -2.96. The lowest BCUT2D eigenvalue weighted by Crippen LogP contribution is -2.32. The highest BCUT2D eigenvalue weighted by molar-refractivity contribution is 5.91. The highest BCUT2D eigenvalue weighted by atomic mass is 16.7. The first kappa shape index (κ1) is 18.8. The van der Waals surface area contributed by atoms with Crippen LogP contribution in [0.3, 0.4) is 0 Å². The second-order valence-corrected chi connectivity index (χ2v) is 6.11. The van der Waals surface area contributed by atoms with E-state index >= 15 is 0 Å². The molecule has 0 atom stereocenters. The van der Waals surface area contributed by atoms with Gasteiger partial charge in [-0.2, -0.15) is 0 Å². The molecule has 140 valence electrons. The van der Waals surface area contributed by atoms with E-state index in [2.05, 4.69) is 18.2 Å². The van der Waals surface area contributed by atoms with Gasteiger partial charge in [-0.15, -0.1) is 0 Å². The van der Waals surface area contributed by atoms with E-state index in [9.17, 15) is 9.59 Å². The monoisotopic (exact) mass is 368 g/mol. The van der Waals surface area contributed by atoms with Gasteiger partial charge in [0.2, 0.25) is 5.79 Å². The van der Waals surface area contributed by atoms with Crippen molar-refractivity contribution in [1.82, 2.24) is 0 Å². The third-order valence-corrected chi connectivity index (χ3v) is 4.50.